The van der Waals surface area contributed by atoms with Crippen LogP contribution >= 0.6 is 0 Å². The van der Waals surface area contributed by atoms with Gasteiger partial charge in [0.05, 0.1) is 17.1 Å². The highest BCUT2D eigenvalue weighted by Gasteiger charge is 2.10. The summed E-state index contributed by atoms with van der Waals surface area (Å²) in [6.07, 6.45) is 2.36. The number of nitrogens with one attached hydrogen (secondary N) is 2. The Bertz CT molecular complexity index is 881. The van der Waals surface area contributed by atoms with Gasteiger partial charge in [0.1, 0.15) is 0 Å². The average molecular weight is 385 g/mol. The van der Waals surface area contributed by atoms with Crippen molar-refractivity contribution in [3.8, 4) is 11.5 Å². The summed E-state index contributed by atoms with van der Waals surface area (Å²) < 4.78 is 10.8. The number of rotatable bonds is 8. The third-order valence-corrected chi connectivity index (χ3v) is 3.38. The molecule has 146 valence electrons. The van der Waals surface area contributed by atoms with Gasteiger partial charge in [-0.15, -0.1) is 0 Å². The van der Waals surface area contributed by atoms with Crippen molar-refractivity contribution in [3.05, 3.63) is 70.3 Å². The van der Waals surface area contributed by atoms with Gasteiger partial charge in [-0.1, -0.05) is 24.3 Å². The molecular weight excluding hydrogens is 366 g/mol. The SMILES string of the molecule is CCOc1ccccc1OCC(=O)NNC(=O)/C=C/c1ccccc1[N+](=O)[O-]. The number of amides is 2. The number of hydrogen-bond acceptors (Lipinski definition) is 6. The van der Waals surface area contributed by atoms with Crippen LogP contribution in [0, 0.1) is 10.1 Å². The zero-order valence-corrected chi connectivity index (χ0v) is 15.1. The van der Waals surface area contributed by atoms with Crippen molar-refractivity contribution in [1.82, 2.24) is 10.9 Å². The van der Waals surface area contributed by atoms with E-state index in [1.807, 2.05) is 6.92 Å². The van der Waals surface area contributed by atoms with Gasteiger partial charge in [0.25, 0.3) is 17.5 Å². The molecule has 0 radical (unpaired) electrons. The van der Waals surface area contributed by atoms with Crippen LogP contribution < -0.4 is 20.3 Å². The summed E-state index contributed by atoms with van der Waals surface area (Å²) in [7, 11) is 0. The number of carbonyl (C=O) groups excluding carboxylic acids is 2. The van der Waals surface area contributed by atoms with Gasteiger partial charge in [-0.05, 0) is 31.2 Å². The van der Waals surface area contributed by atoms with Crippen LogP contribution in [0.25, 0.3) is 6.08 Å². The van der Waals surface area contributed by atoms with Gasteiger partial charge >= 0.3 is 0 Å². The quantitative estimate of drug-likeness (QED) is 0.408. The summed E-state index contributed by atoms with van der Waals surface area (Å²) in [5.41, 5.74) is 4.50. The van der Waals surface area contributed by atoms with E-state index in [4.69, 9.17) is 9.47 Å². The van der Waals surface area contributed by atoms with Gasteiger partial charge in [0.2, 0.25) is 0 Å². The predicted octanol–water partition coefficient (Wildman–Crippen LogP) is 2.23. The summed E-state index contributed by atoms with van der Waals surface area (Å²) in [5, 5.41) is 10.9. The molecule has 0 unspecified atom stereocenters. The fraction of sp³-hybridized carbons (Fsp3) is 0.158. The number of hydrogen-bond donors (Lipinski definition) is 2. The predicted molar refractivity (Wildman–Crippen MR) is 102 cm³/mol. The Balaban J connectivity index is 1.83. The van der Waals surface area contributed by atoms with Gasteiger partial charge in [-0.2, -0.15) is 0 Å². The van der Waals surface area contributed by atoms with Gasteiger partial charge < -0.3 is 9.47 Å². The number of para-hydroxylation sites is 3. The van der Waals surface area contributed by atoms with Crippen LogP contribution in [-0.4, -0.2) is 30.0 Å². The molecule has 0 saturated heterocycles. The molecule has 2 aromatic carbocycles. The number of hydrazine groups is 1. The van der Waals surface area contributed by atoms with Gasteiger partial charge in [0, 0.05) is 12.1 Å². The molecule has 2 aromatic rings. The number of nitro groups is 1. The molecule has 0 aliphatic heterocycles. The Labute approximate surface area is 161 Å². The first-order chi connectivity index (χ1) is 13.5. The molecule has 2 amide bonds. The molecule has 9 heteroatoms. The lowest BCUT2D eigenvalue weighted by atomic mass is 10.1. The second-order valence-corrected chi connectivity index (χ2v) is 5.36. The van der Waals surface area contributed by atoms with Crippen LogP contribution in [0.15, 0.2) is 54.6 Å². The number of ether oxygens (including phenoxy) is 2. The van der Waals surface area contributed by atoms with E-state index in [0.717, 1.165) is 6.08 Å². The minimum Gasteiger partial charge on any atom is -0.490 e. The van der Waals surface area contributed by atoms with Crippen molar-refractivity contribution < 1.29 is 24.0 Å². The first-order valence-electron chi connectivity index (χ1n) is 8.36. The van der Waals surface area contributed by atoms with Crippen LogP contribution in [0.5, 0.6) is 11.5 Å². The second kappa shape index (κ2) is 10.3. The van der Waals surface area contributed by atoms with Crippen LogP contribution in [0.2, 0.25) is 0 Å². The second-order valence-electron chi connectivity index (χ2n) is 5.36. The minimum absolute atomic E-state index is 0.128. The fourth-order valence-electron chi connectivity index (χ4n) is 2.16. The zero-order valence-electron chi connectivity index (χ0n) is 15.1. The third kappa shape index (κ3) is 6.13. The number of nitrogens with zero attached hydrogens (tertiary/aromatic N) is 1. The Morgan fingerprint density at radius 2 is 1.68 bits per heavy atom. The van der Waals surface area contributed by atoms with E-state index in [9.17, 15) is 19.7 Å². The van der Waals surface area contributed by atoms with E-state index in [2.05, 4.69) is 10.9 Å². The molecule has 2 rings (SSSR count). The normalized spacial score (nSPS) is 10.3. The van der Waals surface area contributed by atoms with Crippen LogP contribution in [0.4, 0.5) is 5.69 Å². The summed E-state index contributed by atoms with van der Waals surface area (Å²) in [5.74, 6) is -0.323. The van der Waals surface area contributed by atoms with Crippen LogP contribution in [0.1, 0.15) is 12.5 Å². The molecule has 2 N–H and O–H groups in total. The Morgan fingerprint density at radius 1 is 1.04 bits per heavy atom. The van der Waals surface area contributed by atoms with E-state index >= 15 is 0 Å². The first-order valence-corrected chi connectivity index (χ1v) is 8.36. The molecule has 0 aliphatic carbocycles. The van der Waals surface area contributed by atoms with Crippen LogP contribution in [-0.2, 0) is 9.59 Å². The maximum Gasteiger partial charge on any atom is 0.276 e. The molecule has 0 spiro atoms. The monoisotopic (exact) mass is 385 g/mol. The van der Waals surface area contributed by atoms with Gasteiger partial charge in [0.15, 0.2) is 18.1 Å². The van der Waals surface area contributed by atoms with Crippen molar-refractivity contribution >= 4 is 23.6 Å². The molecule has 0 atom stereocenters. The topological polar surface area (TPSA) is 120 Å². The maximum absolute atomic E-state index is 11.8. The van der Waals surface area contributed by atoms with Gasteiger partial charge in [-0.25, -0.2) is 0 Å². The van der Waals surface area contributed by atoms with E-state index < -0.39 is 16.7 Å². The summed E-state index contributed by atoms with van der Waals surface area (Å²) in [4.78, 5) is 34.0. The molecule has 0 aliphatic rings. The molecule has 0 heterocycles. The Hall–Kier alpha value is -3.88. The zero-order chi connectivity index (χ0) is 20.4. The highest BCUT2D eigenvalue weighted by molar-refractivity contribution is 5.93. The molecule has 0 aromatic heterocycles. The maximum atomic E-state index is 11.8. The molecule has 0 fully saturated rings. The van der Waals surface area contributed by atoms with Crippen LogP contribution in [0.3, 0.4) is 0 Å². The lowest BCUT2D eigenvalue weighted by Crippen LogP contribution is -2.43. The molecule has 9 nitrogen and oxygen atoms in total. The molecule has 0 bridgehead atoms. The molecular formula is C19H19N3O6. The van der Waals surface area contributed by atoms with E-state index in [-0.39, 0.29) is 17.9 Å². The first kappa shape index (κ1) is 20.4. The standard InChI is InChI=1S/C19H19N3O6/c1-2-27-16-9-5-6-10-17(16)28-13-19(24)21-20-18(23)12-11-14-7-3-4-8-15(14)22(25)26/h3-12H,2,13H2,1H3,(H,20,23)(H,21,24)/b12-11+. The molecule has 28 heavy (non-hydrogen) atoms. The Morgan fingerprint density at radius 3 is 2.36 bits per heavy atom. The van der Waals surface area contributed by atoms with Gasteiger partial charge in [-0.3, -0.25) is 30.6 Å². The van der Waals surface area contributed by atoms with E-state index in [0.29, 0.717) is 18.1 Å². The third-order valence-electron chi connectivity index (χ3n) is 3.38. The van der Waals surface area contributed by atoms with Crippen molar-refractivity contribution in [2.24, 2.45) is 0 Å². The largest absolute Gasteiger partial charge is 0.490 e. The average Bonchev–Trinajstić information content (AvgIpc) is 2.70. The Kier molecular flexibility index (Phi) is 7.53. The van der Waals surface area contributed by atoms with E-state index in [1.165, 1.54) is 24.3 Å². The lowest BCUT2D eigenvalue weighted by Gasteiger charge is -2.11. The number of nitro benzene ring substituents is 1. The summed E-state index contributed by atoms with van der Waals surface area (Å²) >= 11 is 0. The summed E-state index contributed by atoms with van der Waals surface area (Å²) in [6.45, 7) is 1.95. The lowest BCUT2D eigenvalue weighted by molar-refractivity contribution is -0.385. The van der Waals surface area contributed by atoms with Crippen molar-refractivity contribution in [2.75, 3.05) is 13.2 Å². The number of carbonyl (C=O) groups is 2. The fourth-order valence-corrected chi connectivity index (χ4v) is 2.16. The minimum atomic E-state index is -0.652. The smallest absolute Gasteiger partial charge is 0.276 e. The van der Waals surface area contributed by atoms with E-state index in [1.54, 1.807) is 30.3 Å². The van der Waals surface area contributed by atoms with Crippen molar-refractivity contribution in [2.45, 2.75) is 6.92 Å². The highest BCUT2D eigenvalue weighted by atomic mass is 16.6. The molecule has 0 saturated carbocycles. The van der Waals surface area contributed by atoms with Crippen molar-refractivity contribution in [1.29, 1.82) is 0 Å². The number of benzene rings is 2. The van der Waals surface area contributed by atoms with Crippen molar-refractivity contribution in [3.63, 3.8) is 0 Å². The highest BCUT2D eigenvalue weighted by Crippen LogP contribution is 2.26. The summed E-state index contributed by atoms with van der Waals surface area (Å²) in [6, 6.07) is 12.9.